The number of nitriles is 1. The lowest BCUT2D eigenvalue weighted by Gasteiger charge is -2.33. The van der Waals surface area contributed by atoms with Gasteiger partial charge in [0.1, 0.15) is 16.6 Å². The highest BCUT2D eigenvalue weighted by atomic mass is 32.2. The lowest BCUT2D eigenvalue weighted by molar-refractivity contribution is -0.139. The Balaban J connectivity index is 1.69. The monoisotopic (exact) mass is 455 g/mol. The molecular weight excluding hydrogens is 435 g/mol. The number of urea groups is 1. The minimum absolute atomic E-state index is 0.0387. The molecule has 166 valence electrons. The van der Waals surface area contributed by atoms with E-state index in [9.17, 15) is 27.6 Å². The van der Waals surface area contributed by atoms with E-state index in [1.807, 2.05) is 0 Å². The third-order valence-electron chi connectivity index (χ3n) is 5.40. The van der Waals surface area contributed by atoms with E-state index >= 15 is 0 Å². The second-order valence-electron chi connectivity index (χ2n) is 7.76. The van der Waals surface area contributed by atoms with Crippen LogP contribution in [0.5, 0.6) is 0 Å². The molecule has 1 aliphatic carbocycles. The number of hydrazine groups is 1. The van der Waals surface area contributed by atoms with Crippen molar-refractivity contribution < 1.29 is 27.6 Å². The summed E-state index contributed by atoms with van der Waals surface area (Å²) in [6, 6.07) is 1.51. The summed E-state index contributed by atoms with van der Waals surface area (Å²) in [5, 5.41) is 12.2. The number of nitrogens with one attached hydrogen (secondary N) is 2. The van der Waals surface area contributed by atoms with Gasteiger partial charge in [0.15, 0.2) is 0 Å². The largest absolute Gasteiger partial charge is 0.417 e. The second kappa shape index (κ2) is 8.37. The average molecular weight is 455 g/mol. The molecule has 4 amide bonds. The van der Waals surface area contributed by atoms with Crippen LogP contribution in [0.25, 0.3) is 0 Å². The Morgan fingerprint density at radius 1 is 1.42 bits per heavy atom. The van der Waals surface area contributed by atoms with Gasteiger partial charge in [-0.1, -0.05) is 18.7 Å². The second-order valence-corrected chi connectivity index (χ2v) is 8.72. The molecule has 1 aromatic rings. The Kier molecular flexibility index (Phi) is 6.18. The number of aromatic nitrogens is 1. The number of imide groups is 1. The highest BCUT2D eigenvalue weighted by Gasteiger charge is 2.52. The Hall–Kier alpha value is -2.81. The highest BCUT2D eigenvalue weighted by molar-refractivity contribution is 8.00. The standard InChI is InChI=1S/C19H20F3N5O3S/c1-10-3-5-18(6-4-10)16(29)27(17(30)25-18)26-14(28)9-31-15-12(8-23)13(19(20,21)22)7-11(2)24-15/h7,10H,3-6,9H2,1-2H3,(H,25,30)(H,26,28). The first-order valence-corrected chi connectivity index (χ1v) is 10.5. The van der Waals surface area contributed by atoms with Crippen LogP contribution in [0.3, 0.4) is 0 Å². The van der Waals surface area contributed by atoms with E-state index in [1.54, 1.807) is 0 Å². The highest BCUT2D eigenvalue weighted by Crippen LogP contribution is 2.37. The zero-order valence-electron chi connectivity index (χ0n) is 16.8. The van der Waals surface area contributed by atoms with Crippen LogP contribution in [0.15, 0.2) is 11.1 Å². The van der Waals surface area contributed by atoms with Gasteiger partial charge < -0.3 is 5.32 Å². The number of aryl methyl sites for hydroxylation is 1. The summed E-state index contributed by atoms with van der Waals surface area (Å²) in [7, 11) is 0. The Morgan fingerprint density at radius 2 is 2.06 bits per heavy atom. The minimum Gasteiger partial charge on any atom is -0.322 e. The van der Waals surface area contributed by atoms with E-state index in [1.165, 1.54) is 13.0 Å². The molecule has 0 radical (unpaired) electrons. The first-order valence-electron chi connectivity index (χ1n) is 9.55. The topological polar surface area (TPSA) is 115 Å². The molecule has 8 nitrogen and oxygen atoms in total. The predicted octanol–water partition coefficient (Wildman–Crippen LogP) is 2.90. The lowest BCUT2D eigenvalue weighted by Crippen LogP contribution is -2.51. The van der Waals surface area contributed by atoms with E-state index in [4.69, 9.17) is 5.26 Å². The van der Waals surface area contributed by atoms with Gasteiger partial charge >= 0.3 is 12.2 Å². The fourth-order valence-electron chi connectivity index (χ4n) is 3.69. The molecule has 1 saturated heterocycles. The quantitative estimate of drug-likeness (QED) is 0.533. The fourth-order valence-corrected chi connectivity index (χ4v) is 4.53. The van der Waals surface area contributed by atoms with Crippen LogP contribution >= 0.6 is 11.8 Å². The van der Waals surface area contributed by atoms with Crippen LogP contribution in [0.2, 0.25) is 0 Å². The maximum atomic E-state index is 13.2. The fraction of sp³-hybridized carbons (Fsp3) is 0.526. The Bertz CT molecular complexity index is 968. The van der Waals surface area contributed by atoms with Crippen LogP contribution < -0.4 is 10.7 Å². The van der Waals surface area contributed by atoms with E-state index < -0.39 is 46.4 Å². The smallest absolute Gasteiger partial charge is 0.322 e. The van der Waals surface area contributed by atoms with Crippen LogP contribution in [0, 0.1) is 24.2 Å². The molecule has 1 saturated carbocycles. The zero-order chi connectivity index (χ0) is 23.0. The summed E-state index contributed by atoms with van der Waals surface area (Å²) < 4.78 is 39.6. The van der Waals surface area contributed by atoms with Crippen molar-refractivity contribution in [2.75, 3.05) is 5.75 Å². The van der Waals surface area contributed by atoms with Crippen molar-refractivity contribution in [2.45, 2.75) is 56.3 Å². The molecule has 0 atom stereocenters. The molecule has 2 N–H and O–H groups in total. The molecule has 1 aromatic heterocycles. The van der Waals surface area contributed by atoms with Gasteiger partial charge in [0, 0.05) is 5.69 Å². The van der Waals surface area contributed by atoms with Crippen molar-refractivity contribution >= 4 is 29.6 Å². The normalized spacial score (nSPS) is 23.6. The summed E-state index contributed by atoms with van der Waals surface area (Å²) in [6.07, 6.45) is -2.28. The number of halogens is 3. The van der Waals surface area contributed by atoms with Crippen LogP contribution in [0.1, 0.15) is 49.4 Å². The van der Waals surface area contributed by atoms with Gasteiger partial charge in [-0.25, -0.2) is 9.78 Å². The van der Waals surface area contributed by atoms with Gasteiger partial charge in [-0.05, 0) is 44.6 Å². The predicted molar refractivity (Wildman–Crippen MR) is 103 cm³/mol. The van der Waals surface area contributed by atoms with E-state index in [0.29, 0.717) is 35.5 Å². The molecule has 2 heterocycles. The average Bonchev–Trinajstić information content (AvgIpc) is 2.92. The van der Waals surface area contributed by atoms with Crippen molar-refractivity contribution in [3.05, 3.63) is 22.9 Å². The molecule has 2 fully saturated rings. The SMILES string of the molecule is Cc1cc(C(F)(F)F)c(C#N)c(SCC(=O)NN2C(=O)NC3(CCC(C)CC3)C2=O)n1. The van der Waals surface area contributed by atoms with Crippen molar-refractivity contribution in [1.82, 2.24) is 20.7 Å². The molecule has 0 unspecified atom stereocenters. The van der Waals surface area contributed by atoms with Gasteiger partial charge in [-0.2, -0.15) is 23.4 Å². The number of rotatable bonds is 4. The molecule has 0 aromatic carbocycles. The van der Waals surface area contributed by atoms with Gasteiger partial charge in [0.05, 0.1) is 16.9 Å². The number of hydrogen-bond acceptors (Lipinski definition) is 6. The number of carbonyl (C=O) groups is 3. The Labute approximate surface area is 180 Å². The maximum Gasteiger partial charge on any atom is 0.417 e. The molecule has 31 heavy (non-hydrogen) atoms. The van der Waals surface area contributed by atoms with Crippen molar-refractivity contribution in [3.63, 3.8) is 0 Å². The molecule has 3 rings (SSSR count). The molecule has 1 aliphatic heterocycles. The first kappa shape index (κ1) is 22.9. The number of carbonyl (C=O) groups excluding carboxylic acids is 3. The van der Waals surface area contributed by atoms with Crippen LogP contribution in [-0.2, 0) is 15.8 Å². The number of amides is 4. The number of alkyl halides is 3. The van der Waals surface area contributed by atoms with Crippen molar-refractivity contribution in [3.8, 4) is 6.07 Å². The number of pyridine rings is 1. The first-order chi connectivity index (χ1) is 14.5. The molecular formula is C19H20F3N5O3S. The van der Waals surface area contributed by atoms with E-state index in [0.717, 1.165) is 18.9 Å². The number of nitrogens with zero attached hydrogens (tertiary/aromatic N) is 3. The number of thioether (sulfide) groups is 1. The summed E-state index contributed by atoms with van der Waals surface area (Å²) >= 11 is 0.622. The minimum atomic E-state index is -4.75. The summed E-state index contributed by atoms with van der Waals surface area (Å²) in [4.78, 5) is 41.2. The summed E-state index contributed by atoms with van der Waals surface area (Å²) in [6.45, 7) is 3.40. The molecule has 2 aliphatic rings. The molecule has 12 heteroatoms. The summed E-state index contributed by atoms with van der Waals surface area (Å²) in [5.41, 5.74) is -0.595. The van der Waals surface area contributed by atoms with Crippen molar-refractivity contribution in [2.24, 2.45) is 5.92 Å². The van der Waals surface area contributed by atoms with Gasteiger partial charge in [0.25, 0.3) is 5.91 Å². The maximum absolute atomic E-state index is 13.2. The van der Waals surface area contributed by atoms with Crippen LogP contribution in [0.4, 0.5) is 18.0 Å². The van der Waals surface area contributed by atoms with Crippen molar-refractivity contribution in [1.29, 1.82) is 5.26 Å². The third-order valence-corrected chi connectivity index (χ3v) is 6.37. The zero-order valence-corrected chi connectivity index (χ0v) is 17.6. The van der Waals surface area contributed by atoms with E-state index in [-0.39, 0.29) is 10.7 Å². The van der Waals surface area contributed by atoms with Crippen LogP contribution in [-0.4, -0.2) is 39.1 Å². The summed E-state index contributed by atoms with van der Waals surface area (Å²) in [5.74, 6) is -1.33. The third kappa shape index (κ3) is 4.61. The lowest BCUT2D eigenvalue weighted by atomic mass is 9.77. The molecule has 0 bridgehead atoms. The van der Waals surface area contributed by atoms with Gasteiger partial charge in [-0.3, -0.25) is 15.0 Å². The van der Waals surface area contributed by atoms with Gasteiger partial charge in [-0.15, -0.1) is 0 Å². The number of hydrogen-bond donors (Lipinski definition) is 2. The van der Waals surface area contributed by atoms with E-state index in [2.05, 4.69) is 22.7 Å². The van der Waals surface area contributed by atoms with Gasteiger partial charge in [0.2, 0.25) is 5.91 Å². The molecule has 1 spiro atoms. The Morgan fingerprint density at radius 3 is 2.65 bits per heavy atom.